The molecule has 1 aliphatic heterocycles. The quantitative estimate of drug-likeness (QED) is 0.411. The molecule has 11 heteroatoms. The second-order valence-electron chi connectivity index (χ2n) is 7.49. The molecular weight excluding hydrogens is 444 g/mol. The van der Waals surface area contributed by atoms with Crippen LogP contribution in [0.25, 0.3) is 11.3 Å². The van der Waals surface area contributed by atoms with Gasteiger partial charge in [0, 0.05) is 36.5 Å². The van der Waals surface area contributed by atoms with Crippen molar-refractivity contribution in [1.29, 1.82) is 0 Å². The van der Waals surface area contributed by atoms with Gasteiger partial charge in [-0.1, -0.05) is 0 Å². The van der Waals surface area contributed by atoms with E-state index in [1.807, 2.05) is 0 Å². The van der Waals surface area contributed by atoms with E-state index in [0.717, 1.165) is 0 Å². The van der Waals surface area contributed by atoms with Crippen molar-refractivity contribution in [3.05, 3.63) is 54.6 Å². The summed E-state index contributed by atoms with van der Waals surface area (Å²) in [6, 6.07) is 9.06. The Bertz CT molecular complexity index is 1140. The van der Waals surface area contributed by atoms with Crippen molar-refractivity contribution < 1.29 is 33.3 Å². The fourth-order valence-corrected chi connectivity index (χ4v) is 3.44. The topological polar surface area (TPSA) is 144 Å². The molecule has 3 aromatic rings. The molecule has 2 aromatic carbocycles. The summed E-state index contributed by atoms with van der Waals surface area (Å²) in [5.41, 5.74) is 2.10. The first kappa shape index (κ1) is 22.9. The molecule has 0 spiro atoms. The minimum Gasteiger partial charge on any atom is -0.508 e. The van der Waals surface area contributed by atoms with Crippen molar-refractivity contribution >= 4 is 23.5 Å². The fourth-order valence-electron chi connectivity index (χ4n) is 3.44. The third kappa shape index (κ3) is 5.95. The highest BCUT2D eigenvalue weighted by Crippen LogP contribution is 2.32. The number of hydrogen-bond donors (Lipinski definition) is 4. The van der Waals surface area contributed by atoms with Crippen molar-refractivity contribution in [2.24, 2.45) is 0 Å². The Hall–Kier alpha value is -4.25. The normalized spacial score (nSPS) is 14.9. The van der Waals surface area contributed by atoms with E-state index >= 15 is 0 Å². The van der Waals surface area contributed by atoms with Gasteiger partial charge >= 0.3 is 12.1 Å². The van der Waals surface area contributed by atoms with E-state index in [4.69, 9.17) is 18.6 Å². The molecule has 4 N–H and O–H groups in total. The van der Waals surface area contributed by atoms with E-state index in [-0.39, 0.29) is 18.4 Å². The molecule has 4 rings (SSSR count). The number of nitrogens with zero attached hydrogens (tertiary/aromatic N) is 1. The van der Waals surface area contributed by atoms with Crippen LogP contribution >= 0.6 is 0 Å². The SMILES string of the molecule is COc1cc(NC(=O)Nc2cc(O)cc(CNC(=O)O[C@H]3CCOC3)c2)ccc1-c1cnco1. The molecule has 1 atom stereocenters. The van der Waals surface area contributed by atoms with Crippen LogP contribution < -0.4 is 20.7 Å². The van der Waals surface area contributed by atoms with Crippen LogP contribution in [0.5, 0.6) is 11.5 Å². The van der Waals surface area contributed by atoms with Gasteiger partial charge in [-0.25, -0.2) is 14.6 Å². The summed E-state index contributed by atoms with van der Waals surface area (Å²) < 4.78 is 21.1. The Balaban J connectivity index is 1.35. The fraction of sp³-hybridized carbons (Fsp3) is 0.261. The zero-order valence-corrected chi connectivity index (χ0v) is 18.4. The first-order valence-electron chi connectivity index (χ1n) is 10.5. The zero-order valence-electron chi connectivity index (χ0n) is 18.4. The maximum absolute atomic E-state index is 12.5. The second-order valence-corrected chi connectivity index (χ2v) is 7.49. The number of aromatic hydroxyl groups is 1. The average Bonchev–Trinajstić information content (AvgIpc) is 3.52. The zero-order chi connectivity index (χ0) is 23.9. The van der Waals surface area contributed by atoms with E-state index in [1.165, 1.54) is 25.6 Å². The summed E-state index contributed by atoms with van der Waals surface area (Å²) in [5, 5.41) is 18.0. The Morgan fingerprint density at radius 3 is 2.76 bits per heavy atom. The molecule has 178 valence electrons. The van der Waals surface area contributed by atoms with E-state index < -0.39 is 12.1 Å². The van der Waals surface area contributed by atoms with Crippen molar-refractivity contribution in [3.63, 3.8) is 0 Å². The summed E-state index contributed by atoms with van der Waals surface area (Å²) in [7, 11) is 1.51. The number of rotatable bonds is 7. The van der Waals surface area contributed by atoms with Crippen LogP contribution in [0.1, 0.15) is 12.0 Å². The van der Waals surface area contributed by atoms with Crippen LogP contribution in [0, 0.1) is 0 Å². The van der Waals surface area contributed by atoms with Crippen molar-refractivity contribution in [3.8, 4) is 22.8 Å². The lowest BCUT2D eigenvalue weighted by atomic mass is 10.1. The molecule has 0 radical (unpaired) electrons. The molecule has 1 aromatic heterocycles. The number of hydrogen-bond acceptors (Lipinski definition) is 8. The maximum Gasteiger partial charge on any atom is 0.407 e. The third-order valence-corrected chi connectivity index (χ3v) is 4.99. The molecule has 1 saturated heterocycles. The number of anilines is 2. The van der Waals surface area contributed by atoms with Gasteiger partial charge < -0.3 is 39.7 Å². The van der Waals surface area contributed by atoms with E-state index in [9.17, 15) is 14.7 Å². The number of methoxy groups -OCH3 is 1. The van der Waals surface area contributed by atoms with Crippen molar-refractivity contribution in [2.45, 2.75) is 19.1 Å². The highest BCUT2D eigenvalue weighted by molar-refractivity contribution is 6.00. The third-order valence-electron chi connectivity index (χ3n) is 4.99. The van der Waals surface area contributed by atoms with Crippen LogP contribution in [-0.4, -0.2) is 48.6 Å². The largest absolute Gasteiger partial charge is 0.508 e. The number of amides is 3. The lowest BCUT2D eigenvalue weighted by Crippen LogP contribution is -2.28. The number of nitrogens with one attached hydrogen (secondary N) is 3. The average molecular weight is 468 g/mol. The van der Waals surface area contributed by atoms with Gasteiger partial charge in [0.05, 0.1) is 32.1 Å². The summed E-state index contributed by atoms with van der Waals surface area (Å²) in [6.45, 7) is 1.06. The number of carbonyl (C=O) groups excluding carboxylic acids is 2. The molecular formula is C23H24N4O7. The Kier molecular flexibility index (Phi) is 7.13. The minimum atomic E-state index is -0.575. The van der Waals surface area contributed by atoms with Crippen LogP contribution in [-0.2, 0) is 16.0 Å². The minimum absolute atomic E-state index is 0.0646. The van der Waals surface area contributed by atoms with Gasteiger partial charge in [-0.3, -0.25) is 0 Å². The first-order valence-corrected chi connectivity index (χ1v) is 10.5. The number of phenols is 1. The number of phenolic OH excluding ortho intramolecular Hbond substituents is 1. The van der Waals surface area contributed by atoms with Gasteiger partial charge in [0.15, 0.2) is 12.2 Å². The predicted molar refractivity (Wildman–Crippen MR) is 122 cm³/mol. The van der Waals surface area contributed by atoms with E-state index in [1.54, 1.807) is 30.5 Å². The van der Waals surface area contributed by atoms with Crippen LogP contribution in [0.2, 0.25) is 0 Å². The molecule has 0 saturated carbocycles. The van der Waals surface area contributed by atoms with Gasteiger partial charge in [0.25, 0.3) is 0 Å². The lowest BCUT2D eigenvalue weighted by molar-refractivity contribution is 0.0828. The predicted octanol–water partition coefficient (Wildman–Crippen LogP) is 3.71. The second kappa shape index (κ2) is 10.6. The molecule has 11 nitrogen and oxygen atoms in total. The van der Waals surface area contributed by atoms with Gasteiger partial charge in [-0.15, -0.1) is 0 Å². The van der Waals surface area contributed by atoms with Crippen molar-refractivity contribution in [1.82, 2.24) is 10.3 Å². The van der Waals surface area contributed by atoms with E-state index in [2.05, 4.69) is 20.9 Å². The van der Waals surface area contributed by atoms with Crippen molar-refractivity contribution in [2.75, 3.05) is 31.0 Å². The Morgan fingerprint density at radius 2 is 2.03 bits per heavy atom. The summed E-state index contributed by atoms with van der Waals surface area (Å²) >= 11 is 0. The van der Waals surface area contributed by atoms with Gasteiger partial charge in [0.1, 0.15) is 17.6 Å². The number of urea groups is 1. The standard InChI is InChI=1S/C23H24N4O7/c1-31-20-9-15(2-3-19(20)21-11-24-13-33-21)26-22(29)27-16-6-14(7-17(28)8-16)10-25-23(30)34-18-4-5-32-12-18/h2-3,6-9,11,13,18,28H,4-5,10,12H2,1H3,(H,25,30)(H2,26,27,29)/t18-/m0/s1. The number of alkyl carbamates (subject to hydrolysis) is 1. The molecule has 1 aliphatic rings. The summed E-state index contributed by atoms with van der Waals surface area (Å²) in [4.78, 5) is 28.3. The molecule has 0 bridgehead atoms. The number of benzene rings is 2. The monoisotopic (exact) mass is 468 g/mol. The number of aromatic nitrogens is 1. The Labute approximate surface area is 195 Å². The maximum atomic E-state index is 12.5. The molecule has 0 aliphatic carbocycles. The number of ether oxygens (including phenoxy) is 3. The van der Waals surface area contributed by atoms with Gasteiger partial charge in [-0.05, 0) is 29.8 Å². The number of carbonyl (C=O) groups is 2. The Morgan fingerprint density at radius 1 is 1.18 bits per heavy atom. The first-order chi connectivity index (χ1) is 16.5. The van der Waals surface area contributed by atoms with Crippen LogP contribution in [0.4, 0.5) is 21.0 Å². The molecule has 3 amide bonds. The molecule has 0 unspecified atom stereocenters. The van der Waals surface area contributed by atoms with Crippen LogP contribution in [0.15, 0.2) is 53.4 Å². The summed E-state index contributed by atoms with van der Waals surface area (Å²) in [5.74, 6) is 0.968. The molecule has 34 heavy (non-hydrogen) atoms. The lowest BCUT2D eigenvalue weighted by Gasteiger charge is -2.13. The van der Waals surface area contributed by atoms with Crippen LogP contribution in [0.3, 0.4) is 0 Å². The van der Waals surface area contributed by atoms with Gasteiger partial charge in [-0.2, -0.15) is 0 Å². The molecule has 2 heterocycles. The summed E-state index contributed by atoms with van der Waals surface area (Å²) in [6.07, 6.45) is 2.72. The molecule has 1 fully saturated rings. The van der Waals surface area contributed by atoms with E-state index in [0.29, 0.717) is 53.6 Å². The highest BCUT2D eigenvalue weighted by atomic mass is 16.6. The number of oxazole rings is 1. The smallest absolute Gasteiger partial charge is 0.407 e. The highest BCUT2D eigenvalue weighted by Gasteiger charge is 2.19. The van der Waals surface area contributed by atoms with Gasteiger partial charge in [0.2, 0.25) is 0 Å².